The van der Waals surface area contributed by atoms with E-state index in [1.54, 1.807) is 7.11 Å². The normalized spacial score (nSPS) is 10.2. The van der Waals surface area contributed by atoms with Gasteiger partial charge in [0.15, 0.2) is 0 Å². The van der Waals surface area contributed by atoms with Crippen molar-refractivity contribution in [2.45, 2.75) is 0 Å². The van der Waals surface area contributed by atoms with Crippen LogP contribution in [0.2, 0.25) is 0 Å². The van der Waals surface area contributed by atoms with Gasteiger partial charge in [-0.2, -0.15) is 0 Å². The van der Waals surface area contributed by atoms with Crippen LogP contribution in [-0.4, -0.2) is 12.1 Å². The molecule has 0 aliphatic carbocycles. The van der Waals surface area contributed by atoms with Gasteiger partial charge < -0.3 is 15.8 Å². The summed E-state index contributed by atoms with van der Waals surface area (Å²) >= 11 is 12.0. The molecule has 0 radical (unpaired) electrons. The summed E-state index contributed by atoms with van der Waals surface area (Å²) in [5.74, 6) is 0.739. The Morgan fingerprint density at radius 2 is 1.85 bits per heavy atom. The molecule has 3 nitrogen and oxygen atoms in total. The summed E-state index contributed by atoms with van der Waals surface area (Å²) in [4.78, 5) is 0.355. The number of para-hydroxylation sites is 1. The highest BCUT2D eigenvalue weighted by Gasteiger charge is 2.10. The first-order valence-corrected chi connectivity index (χ1v) is 7.71. The number of nitrogens with one attached hydrogen (secondary N) is 1. The maximum absolute atomic E-state index is 5.73. The zero-order valence-electron chi connectivity index (χ0n) is 10.6. The lowest BCUT2D eigenvalue weighted by Gasteiger charge is -2.14. The lowest BCUT2D eigenvalue weighted by molar-refractivity contribution is 0.412. The molecule has 2 rings (SSSR count). The fraction of sp³-hybridized carbons (Fsp3) is 0.0714. The second kappa shape index (κ2) is 6.56. The summed E-state index contributed by atoms with van der Waals surface area (Å²) in [6.07, 6.45) is 0. The third kappa shape index (κ3) is 3.31. The van der Waals surface area contributed by atoms with E-state index < -0.39 is 0 Å². The Morgan fingerprint density at radius 3 is 2.50 bits per heavy atom. The summed E-state index contributed by atoms with van der Waals surface area (Å²) in [6.45, 7) is 0. The summed E-state index contributed by atoms with van der Waals surface area (Å²) in [5.41, 5.74) is 8.26. The van der Waals surface area contributed by atoms with E-state index in [9.17, 15) is 0 Å². The first-order valence-electron chi connectivity index (χ1n) is 5.72. The fourth-order valence-electron chi connectivity index (χ4n) is 1.73. The van der Waals surface area contributed by atoms with Crippen LogP contribution in [0.5, 0.6) is 5.75 Å². The van der Waals surface area contributed by atoms with Crippen LogP contribution in [-0.2, 0) is 0 Å². The Hall–Kier alpha value is -1.11. The van der Waals surface area contributed by atoms with Crippen molar-refractivity contribution in [1.82, 2.24) is 0 Å². The van der Waals surface area contributed by atoms with Gasteiger partial charge in [0.25, 0.3) is 0 Å². The number of halogens is 2. The highest BCUT2D eigenvalue weighted by molar-refractivity contribution is 9.11. The number of ether oxygens (including phenoxy) is 1. The van der Waals surface area contributed by atoms with Crippen molar-refractivity contribution in [2.75, 3.05) is 12.4 Å². The van der Waals surface area contributed by atoms with Crippen LogP contribution < -0.4 is 15.8 Å². The van der Waals surface area contributed by atoms with Gasteiger partial charge in [-0.15, -0.1) is 0 Å². The minimum atomic E-state index is 0.355. The monoisotopic (exact) mass is 414 g/mol. The molecule has 0 heterocycles. The summed E-state index contributed by atoms with van der Waals surface area (Å²) in [5, 5.41) is 3.31. The molecule has 0 bridgehead atoms. The average molecular weight is 416 g/mol. The standard InChI is InChI=1S/C14H12Br2N2OS/c1-19-13-7-12(9(15)6-10(13)16)18-11-5-3-2-4-8(11)14(17)20/h2-7,18H,1H3,(H2,17,20). The molecule has 0 unspecified atom stereocenters. The molecule has 0 aromatic heterocycles. The minimum absolute atomic E-state index is 0.355. The maximum Gasteiger partial charge on any atom is 0.135 e. The van der Waals surface area contributed by atoms with Gasteiger partial charge in [0.1, 0.15) is 10.7 Å². The molecule has 0 atom stereocenters. The lowest BCUT2D eigenvalue weighted by Crippen LogP contribution is -2.11. The highest BCUT2D eigenvalue weighted by Crippen LogP contribution is 2.36. The Balaban J connectivity index is 2.42. The van der Waals surface area contributed by atoms with Crippen LogP contribution >= 0.6 is 44.1 Å². The van der Waals surface area contributed by atoms with Crippen LogP contribution in [0.1, 0.15) is 5.56 Å². The van der Waals surface area contributed by atoms with Crippen LogP contribution in [0, 0.1) is 0 Å². The first-order chi connectivity index (χ1) is 9.52. The van der Waals surface area contributed by atoms with Crippen molar-refractivity contribution in [3.05, 3.63) is 50.9 Å². The topological polar surface area (TPSA) is 47.3 Å². The molecule has 104 valence electrons. The largest absolute Gasteiger partial charge is 0.495 e. The van der Waals surface area contributed by atoms with Crippen molar-refractivity contribution >= 4 is 60.4 Å². The van der Waals surface area contributed by atoms with Gasteiger partial charge in [0.2, 0.25) is 0 Å². The number of benzene rings is 2. The molecule has 2 aromatic carbocycles. The van der Waals surface area contributed by atoms with E-state index in [1.807, 2.05) is 36.4 Å². The summed E-state index contributed by atoms with van der Waals surface area (Å²) < 4.78 is 7.08. The zero-order chi connectivity index (χ0) is 14.7. The van der Waals surface area contributed by atoms with Crippen molar-refractivity contribution in [3.63, 3.8) is 0 Å². The molecule has 0 spiro atoms. The molecule has 0 amide bonds. The van der Waals surface area contributed by atoms with Gasteiger partial charge in [-0.25, -0.2) is 0 Å². The van der Waals surface area contributed by atoms with Gasteiger partial charge in [-0.3, -0.25) is 0 Å². The average Bonchev–Trinajstić information content (AvgIpc) is 2.42. The smallest absolute Gasteiger partial charge is 0.135 e. The molecule has 2 aromatic rings. The van der Waals surface area contributed by atoms with Crippen LogP contribution in [0.25, 0.3) is 0 Å². The number of nitrogens with two attached hydrogens (primary N) is 1. The minimum Gasteiger partial charge on any atom is -0.495 e. The zero-order valence-corrected chi connectivity index (χ0v) is 14.6. The van der Waals surface area contributed by atoms with Gasteiger partial charge in [-0.05, 0) is 50.1 Å². The fourth-order valence-corrected chi connectivity index (χ4v) is 3.17. The molecule has 0 aliphatic heterocycles. The third-order valence-electron chi connectivity index (χ3n) is 2.70. The van der Waals surface area contributed by atoms with Crippen LogP contribution in [0.4, 0.5) is 11.4 Å². The van der Waals surface area contributed by atoms with Gasteiger partial charge in [-0.1, -0.05) is 24.4 Å². The van der Waals surface area contributed by atoms with E-state index >= 15 is 0 Å². The van der Waals surface area contributed by atoms with Crippen LogP contribution in [0.3, 0.4) is 0 Å². The predicted octanol–water partition coefficient (Wildman–Crippen LogP) is 4.60. The highest BCUT2D eigenvalue weighted by atomic mass is 79.9. The molecule has 0 fully saturated rings. The molecule has 0 saturated carbocycles. The lowest BCUT2D eigenvalue weighted by atomic mass is 10.1. The maximum atomic E-state index is 5.73. The Bertz CT molecular complexity index is 662. The molecule has 6 heteroatoms. The van der Waals surface area contributed by atoms with Crippen LogP contribution in [0.15, 0.2) is 45.3 Å². The second-order valence-electron chi connectivity index (χ2n) is 4.00. The van der Waals surface area contributed by atoms with Crippen molar-refractivity contribution in [3.8, 4) is 5.75 Å². The number of anilines is 2. The number of thiocarbonyl (C=S) groups is 1. The molecule has 0 aliphatic rings. The van der Waals surface area contributed by atoms with E-state index in [1.165, 1.54) is 0 Å². The number of hydrogen-bond acceptors (Lipinski definition) is 3. The molecule has 0 saturated heterocycles. The van der Waals surface area contributed by atoms with E-state index in [-0.39, 0.29) is 0 Å². The van der Waals surface area contributed by atoms with E-state index in [0.29, 0.717) is 4.99 Å². The van der Waals surface area contributed by atoms with E-state index in [2.05, 4.69) is 37.2 Å². The van der Waals surface area contributed by atoms with Gasteiger partial charge >= 0.3 is 0 Å². The number of methoxy groups -OCH3 is 1. The summed E-state index contributed by atoms with van der Waals surface area (Å²) in [6, 6.07) is 11.4. The Kier molecular flexibility index (Phi) is 5.01. The molecule has 20 heavy (non-hydrogen) atoms. The van der Waals surface area contributed by atoms with E-state index in [4.69, 9.17) is 22.7 Å². The van der Waals surface area contributed by atoms with Gasteiger partial charge in [0, 0.05) is 21.8 Å². The Morgan fingerprint density at radius 1 is 1.15 bits per heavy atom. The third-order valence-corrected chi connectivity index (χ3v) is 4.20. The predicted molar refractivity (Wildman–Crippen MR) is 94.0 cm³/mol. The molecular weight excluding hydrogens is 404 g/mol. The second-order valence-corrected chi connectivity index (χ2v) is 6.15. The van der Waals surface area contributed by atoms with Crippen molar-refractivity contribution < 1.29 is 4.74 Å². The quantitative estimate of drug-likeness (QED) is 0.716. The number of hydrogen-bond donors (Lipinski definition) is 2. The Labute approximate surface area is 139 Å². The molecule has 3 N–H and O–H groups in total. The summed E-state index contributed by atoms with van der Waals surface area (Å²) in [7, 11) is 1.63. The SMILES string of the molecule is COc1cc(Nc2ccccc2C(N)=S)c(Br)cc1Br. The van der Waals surface area contributed by atoms with Gasteiger partial charge in [0.05, 0.1) is 17.3 Å². The molecular formula is C14H12Br2N2OS. The number of rotatable bonds is 4. The van der Waals surface area contributed by atoms with E-state index in [0.717, 1.165) is 31.6 Å². The van der Waals surface area contributed by atoms with Crippen molar-refractivity contribution in [2.24, 2.45) is 5.73 Å². The van der Waals surface area contributed by atoms with Crippen molar-refractivity contribution in [1.29, 1.82) is 0 Å². The first kappa shape index (κ1) is 15.3.